The number of aryl methyl sites for hydroxylation is 1. The van der Waals surface area contributed by atoms with E-state index >= 15 is 0 Å². The van der Waals surface area contributed by atoms with Gasteiger partial charge in [0, 0.05) is 24.5 Å². The Bertz CT molecular complexity index is 632. The number of nitrogens with two attached hydrogens (primary N) is 1. The second kappa shape index (κ2) is 6.25. The number of anilines is 1. The molecule has 0 spiro atoms. The van der Waals surface area contributed by atoms with E-state index in [1.807, 2.05) is 19.1 Å². The minimum Gasteiger partial charge on any atom is -0.481 e. The van der Waals surface area contributed by atoms with Crippen LogP contribution >= 0.6 is 12.2 Å². The third kappa shape index (κ3) is 3.61. The van der Waals surface area contributed by atoms with Crippen molar-refractivity contribution in [1.29, 1.82) is 0 Å². The van der Waals surface area contributed by atoms with Gasteiger partial charge in [0.2, 0.25) is 11.8 Å². The van der Waals surface area contributed by atoms with Gasteiger partial charge in [0.15, 0.2) is 0 Å². The molecule has 0 aliphatic carbocycles. The SMILES string of the molecule is COc1cc(CNc2nc(C)cc(C(N)=S)n2)ccn1. The number of rotatable bonds is 5. The van der Waals surface area contributed by atoms with Gasteiger partial charge in [0.1, 0.15) is 10.7 Å². The molecule has 0 fully saturated rings. The van der Waals surface area contributed by atoms with Crippen LogP contribution in [0, 0.1) is 6.92 Å². The van der Waals surface area contributed by atoms with Crippen LogP contribution in [0.2, 0.25) is 0 Å². The predicted octanol–water partition coefficient (Wildman–Crippen LogP) is 1.43. The molecular weight excluding hydrogens is 274 g/mol. The van der Waals surface area contributed by atoms with Crippen LogP contribution in [0.15, 0.2) is 24.4 Å². The molecule has 0 aliphatic heterocycles. The lowest BCUT2D eigenvalue weighted by Crippen LogP contribution is -2.14. The van der Waals surface area contributed by atoms with Crippen LogP contribution in [0.25, 0.3) is 0 Å². The third-order valence-electron chi connectivity index (χ3n) is 2.57. The molecule has 0 aliphatic rings. The molecule has 0 bridgehead atoms. The lowest BCUT2D eigenvalue weighted by molar-refractivity contribution is 0.397. The Balaban J connectivity index is 2.12. The van der Waals surface area contributed by atoms with Crippen LogP contribution in [0.4, 0.5) is 5.95 Å². The highest BCUT2D eigenvalue weighted by Crippen LogP contribution is 2.11. The van der Waals surface area contributed by atoms with E-state index in [0.29, 0.717) is 24.1 Å². The molecule has 20 heavy (non-hydrogen) atoms. The van der Waals surface area contributed by atoms with Gasteiger partial charge in [-0.05, 0) is 24.6 Å². The number of ether oxygens (including phenoxy) is 1. The van der Waals surface area contributed by atoms with Gasteiger partial charge in [-0.1, -0.05) is 12.2 Å². The van der Waals surface area contributed by atoms with Crippen LogP contribution in [-0.2, 0) is 6.54 Å². The molecule has 0 atom stereocenters. The molecule has 7 heteroatoms. The zero-order chi connectivity index (χ0) is 14.5. The van der Waals surface area contributed by atoms with Gasteiger partial charge in [-0.3, -0.25) is 0 Å². The largest absolute Gasteiger partial charge is 0.481 e. The van der Waals surface area contributed by atoms with Gasteiger partial charge in [-0.25, -0.2) is 15.0 Å². The second-order valence-corrected chi connectivity index (χ2v) is 4.58. The molecule has 0 radical (unpaired) electrons. The second-order valence-electron chi connectivity index (χ2n) is 4.14. The van der Waals surface area contributed by atoms with Crippen molar-refractivity contribution in [3.05, 3.63) is 41.3 Å². The highest BCUT2D eigenvalue weighted by molar-refractivity contribution is 7.80. The summed E-state index contributed by atoms with van der Waals surface area (Å²) >= 11 is 4.93. The van der Waals surface area contributed by atoms with Gasteiger partial charge in [-0.2, -0.15) is 0 Å². The average Bonchev–Trinajstić information content (AvgIpc) is 2.44. The monoisotopic (exact) mass is 289 g/mol. The fraction of sp³-hybridized carbons (Fsp3) is 0.231. The summed E-state index contributed by atoms with van der Waals surface area (Å²) in [6.45, 7) is 2.42. The zero-order valence-electron chi connectivity index (χ0n) is 11.3. The van der Waals surface area contributed by atoms with E-state index < -0.39 is 0 Å². The molecule has 6 nitrogen and oxygen atoms in total. The molecule has 0 saturated heterocycles. The summed E-state index contributed by atoms with van der Waals surface area (Å²) in [4.78, 5) is 12.8. The maximum Gasteiger partial charge on any atom is 0.223 e. The smallest absolute Gasteiger partial charge is 0.223 e. The summed E-state index contributed by atoms with van der Waals surface area (Å²) in [6.07, 6.45) is 1.69. The number of nitrogens with one attached hydrogen (secondary N) is 1. The fourth-order valence-corrected chi connectivity index (χ4v) is 1.73. The van der Waals surface area contributed by atoms with Crippen molar-refractivity contribution < 1.29 is 4.74 Å². The van der Waals surface area contributed by atoms with Crippen molar-refractivity contribution >= 4 is 23.2 Å². The van der Waals surface area contributed by atoms with Gasteiger partial charge >= 0.3 is 0 Å². The number of thiocarbonyl (C=S) groups is 1. The number of hydrogen-bond acceptors (Lipinski definition) is 6. The van der Waals surface area contributed by atoms with Crippen molar-refractivity contribution in [2.75, 3.05) is 12.4 Å². The number of methoxy groups -OCH3 is 1. The Kier molecular flexibility index (Phi) is 4.41. The van der Waals surface area contributed by atoms with Crippen LogP contribution < -0.4 is 15.8 Å². The molecular formula is C13H15N5OS. The van der Waals surface area contributed by atoms with Crippen LogP contribution in [-0.4, -0.2) is 27.1 Å². The van der Waals surface area contributed by atoms with Crippen molar-refractivity contribution in [2.24, 2.45) is 5.73 Å². The van der Waals surface area contributed by atoms with Gasteiger partial charge in [0.25, 0.3) is 0 Å². The van der Waals surface area contributed by atoms with E-state index in [9.17, 15) is 0 Å². The average molecular weight is 289 g/mol. The van der Waals surface area contributed by atoms with Crippen molar-refractivity contribution in [3.63, 3.8) is 0 Å². The first-order valence-electron chi connectivity index (χ1n) is 5.97. The first kappa shape index (κ1) is 14.1. The standard InChI is InChI=1S/C13H15N5OS/c1-8-5-10(12(14)20)18-13(17-8)16-7-9-3-4-15-11(6-9)19-2/h3-6H,7H2,1-2H3,(H2,14,20)(H,16,17,18). The molecule has 0 amide bonds. The summed E-state index contributed by atoms with van der Waals surface area (Å²) in [7, 11) is 1.58. The summed E-state index contributed by atoms with van der Waals surface area (Å²) in [5.41, 5.74) is 7.96. The van der Waals surface area contributed by atoms with E-state index in [-0.39, 0.29) is 4.99 Å². The predicted molar refractivity (Wildman–Crippen MR) is 80.8 cm³/mol. The van der Waals surface area contributed by atoms with Crippen LogP contribution in [0.1, 0.15) is 17.0 Å². The fourth-order valence-electron chi connectivity index (χ4n) is 1.63. The Morgan fingerprint density at radius 1 is 1.40 bits per heavy atom. The van der Waals surface area contributed by atoms with Crippen molar-refractivity contribution in [1.82, 2.24) is 15.0 Å². The minimum atomic E-state index is 0.254. The number of hydrogen-bond donors (Lipinski definition) is 2. The molecule has 2 aromatic heterocycles. The van der Waals surface area contributed by atoms with Crippen LogP contribution in [0.3, 0.4) is 0 Å². The van der Waals surface area contributed by atoms with Crippen LogP contribution in [0.5, 0.6) is 5.88 Å². The Morgan fingerprint density at radius 3 is 2.90 bits per heavy atom. The first-order chi connectivity index (χ1) is 9.58. The highest BCUT2D eigenvalue weighted by Gasteiger charge is 2.05. The molecule has 104 valence electrons. The summed E-state index contributed by atoms with van der Waals surface area (Å²) in [5, 5.41) is 3.13. The van der Waals surface area contributed by atoms with E-state index in [4.69, 9.17) is 22.7 Å². The molecule has 0 saturated carbocycles. The lowest BCUT2D eigenvalue weighted by Gasteiger charge is -2.08. The summed E-state index contributed by atoms with van der Waals surface area (Å²) in [6, 6.07) is 5.49. The Morgan fingerprint density at radius 2 is 2.20 bits per heavy atom. The Labute approximate surface area is 122 Å². The number of aromatic nitrogens is 3. The summed E-state index contributed by atoms with van der Waals surface area (Å²) in [5.74, 6) is 1.06. The van der Waals surface area contributed by atoms with Gasteiger partial charge < -0.3 is 15.8 Å². The van der Waals surface area contributed by atoms with Crippen molar-refractivity contribution in [2.45, 2.75) is 13.5 Å². The quantitative estimate of drug-likeness (QED) is 0.805. The maximum atomic E-state index is 5.59. The normalized spacial score (nSPS) is 10.1. The topological polar surface area (TPSA) is 86.0 Å². The molecule has 2 heterocycles. The number of pyridine rings is 1. The van der Waals surface area contributed by atoms with E-state index in [2.05, 4.69) is 20.3 Å². The maximum absolute atomic E-state index is 5.59. The number of nitrogens with zero attached hydrogens (tertiary/aromatic N) is 3. The highest BCUT2D eigenvalue weighted by atomic mass is 32.1. The third-order valence-corrected chi connectivity index (χ3v) is 2.77. The Hall–Kier alpha value is -2.28. The molecule has 3 N–H and O–H groups in total. The molecule has 0 aromatic carbocycles. The first-order valence-corrected chi connectivity index (χ1v) is 6.37. The van der Waals surface area contributed by atoms with E-state index in [1.54, 1.807) is 19.4 Å². The van der Waals surface area contributed by atoms with Gasteiger partial charge in [0.05, 0.1) is 7.11 Å². The van der Waals surface area contributed by atoms with Gasteiger partial charge in [-0.15, -0.1) is 0 Å². The van der Waals surface area contributed by atoms with E-state index in [1.165, 1.54) is 0 Å². The van der Waals surface area contributed by atoms with E-state index in [0.717, 1.165) is 11.3 Å². The minimum absolute atomic E-state index is 0.254. The zero-order valence-corrected chi connectivity index (χ0v) is 12.1. The van der Waals surface area contributed by atoms with Crippen molar-refractivity contribution in [3.8, 4) is 5.88 Å². The lowest BCUT2D eigenvalue weighted by atomic mass is 10.2. The molecule has 2 aromatic rings. The summed E-state index contributed by atoms with van der Waals surface area (Å²) < 4.78 is 5.07. The molecule has 0 unspecified atom stereocenters. The molecule has 2 rings (SSSR count).